The van der Waals surface area contributed by atoms with E-state index in [4.69, 9.17) is 18.5 Å². The van der Waals surface area contributed by atoms with Crippen LogP contribution in [0.2, 0.25) is 0 Å². The first kappa shape index (κ1) is 54.7. The number of phosphoric acid groups is 1. The number of carbonyl (C=O) groups is 2. The second kappa shape index (κ2) is 37.9. The van der Waals surface area contributed by atoms with E-state index in [0.29, 0.717) is 30.3 Å². The monoisotopic (exact) mass is 824 g/mol. The molecule has 1 unspecified atom stereocenters. The van der Waals surface area contributed by atoms with E-state index in [1.807, 2.05) is 39.4 Å². The SMILES string of the molecule is CCCCCC/C=C\CCCCCCCCCC(=O)O[C@H](COC(=O)CCC/C=C\C/C=C\C/C=C\C/C=C\[C@@H](O)CCCC)COP(=O)([O-])OCC[N+](C)(C)C. The number of unbranched alkanes of at least 4 members (excludes halogenated alkanes) is 13. The number of ether oxygens (including phenoxy) is 2. The minimum Gasteiger partial charge on any atom is -0.756 e. The van der Waals surface area contributed by atoms with Gasteiger partial charge in [-0.15, -0.1) is 0 Å². The fraction of sp³-hybridized carbons (Fsp3) is 0.739. The number of phosphoric ester groups is 1. The summed E-state index contributed by atoms with van der Waals surface area (Å²) >= 11 is 0. The van der Waals surface area contributed by atoms with Crippen molar-refractivity contribution in [1.82, 2.24) is 0 Å². The number of quaternary nitrogens is 1. The Bertz CT molecular complexity index is 1170. The maximum absolute atomic E-state index is 12.7. The highest BCUT2D eigenvalue weighted by Gasteiger charge is 2.21. The first-order chi connectivity index (χ1) is 27.4. The summed E-state index contributed by atoms with van der Waals surface area (Å²) in [5.41, 5.74) is 0. The van der Waals surface area contributed by atoms with Crippen molar-refractivity contribution in [3.05, 3.63) is 60.8 Å². The van der Waals surface area contributed by atoms with Crippen LogP contribution in [0.3, 0.4) is 0 Å². The molecule has 0 rings (SSSR count). The largest absolute Gasteiger partial charge is 0.756 e. The maximum atomic E-state index is 12.7. The summed E-state index contributed by atoms with van der Waals surface area (Å²) in [6.07, 6.45) is 41.6. The van der Waals surface area contributed by atoms with E-state index < -0.39 is 32.5 Å². The van der Waals surface area contributed by atoms with Gasteiger partial charge in [0.25, 0.3) is 7.82 Å². The summed E-state index contributed by atoms with van der Waals surface area (Å²) in [6.45, 7) is 3.96. The molecule has 0 saturated carbocycles. The van der Waals surface area contributed by atoms with Crippen molar-refractivity contribution in [2.45, 2.75) is 174 Å². The summed E-state index contributed by atoms with van der Waals surface area (Å²) in [7, 11) is 1.10. The number of carbonyl (C=O) groups excluding carboxylic acids is 2. The van der Waals surface area contributed by atoms with E-state index in [1.165, 1.54) is 51.4 Å². The fourth-order valence-electron chi connectivity index (χ4n) is 5.54. The van der Waals surface area contributed by atoms with Gasteiger partial charge in [0.05, 0.1) is 33.9 Å². The summed E-state index contributed by atoms with van der Waals surface area (Å²) in [5, 5.41) is 9.82. The van der Waals surface area contributed by atoms with Crippen LogP contribution in [0.1, 0.15) is 162 Å². The van der Waals surface area contributed by atoms with Gasteiger partial charge in [-0.1, -0.05) is 139 Å². The standard InChI is InChI=1S/C46H82NO9P/c1-6-8-10-11-12-13-14-15-16-17-22-25-28-31-34-38-46(50)56-44(42-55-57(51,52)54-40-39-47(3,4)5)41-53-45(49)37-33-30-27-24-21-19-18-20-23-26-29-32-36-43(48)35-9-7-2/h13-14,18-19,23-24,26-27,32,36,43-44,48H,6-12,15-17,20-22,25,28-31,33-35,37-42H2,1-5H3/b14-13-,19-18-,26-23-,27-24-,36-32-/t43-,44+/m0/s1. The van der Waals surface area contributed by atoms with Crippen LogP contribution in [0.25, 0.3) is 0 Å². The van der Waals surface area contributed by atoms with E-state index in [2.05, 4.69) is 56.4 Å². The highest BCUT2D eigenvalue weighted by atomic mass is 31.2. The van der Waals surface area contributed by atoms with Gasteiger partial charge in [-0.05, 0) is 70.6 Å². The minimum absolute atomic E-state index is 0.0492. The number of aliphatic hydroxyl groups is 1. The lowest BCUT2D eigenvalue weighted by atomic mass is 10.1. The predicted molar refractivity (Wildman–Crippen MR) is 232 cm³/mol. The van der Waals surface area contributed by atoms with Crippen LogP contribution in [-0.4, -0.2) is 81.2 Å². The zero-order valence-electron chi connectivity index (χ0n) is 36.6. The Kier molecular flexibility index (Phi) is 36.4. The Morgan fingerprint density at radius 3 is 1.75 bits per heavy atom. The lowest BCUT2D eigenvalue weighted by molar-refractivity contribution is -0.870. The molecule has 0 aliphatic heterocycles. The molecule has 1 N–H and O–H groups in total. The maximum Gasteiger partial charge on any atom is 0.306 e. The van der Waals surface area contributed by atoms with Gasteiger partial charge in [0, 0.05) is 12.8 Å². The van der Waals surface area contributed by atoms with E-state index in [0.717, 1.165) is 64.2 Å². The van der Waals surface area contributed by atoms with Gasteiger partial charge in [-0.25, -0.2) is 0 Å². The van der Waals surface area contributed by atoms with Crippen LogP contribution >= 0.6 is 7.82 Å². The molecule has 0 aromatic rings. The second-order valence-electron chi connectivity index (χ2n) is 15.9. The molecule has 11 heteroatoms. The predicted octanol–water partition coefficient (Wildman–Crippen LogP) is 10.8. The number of rotatable bonds is 39. The lowest BCUT2D eigenvalue weighted by Crippen LogP contribution is -2.37. The van der Waals surface area contributed by atoms with Crippen LogP contribution in [0.4, 0.5) is 0 Å². The van der Waals surface area contributed by atoms with Crippen LogP contribution in [0.15, 0.2) is 60.8 Å². The third kappa shape index (κ3) is 41.6. The van der Waals surface area contributed by atoms with Gasteiger partial charge >= 0.3 is 11.9 Å². The minimum atomic E-state index is -4.65. The summed E-state index contributed by atoms with van der Waals surface area (Å²) in [5.74, 6) is -0.932. The molecule has 0 aliphatic carbocycles. The molecular weight excluding hydrogens is 741 g/mol. The molecule has 0 heterocycles. The summed E-state index contributed by atoms with van der Waals surface area (Å²) < 4.78 is 33.8. The summed E-state index contributed by atoms with van der Waals surface area (Å²) in [4.78, 5) is 37.5. The van der Waals surface area contributed by atoms with Gasteiger partial charge in [0.2, 0.25) is 0 Å². The second-order valence-corrected chi connectivity index (χ2v) is 17.3. The average molecular weight is 824 g/mol. The smallest absolute Gasteiger partial charge is 0.306 e. The number of nitrogens with zero attached hydrogens (tertiary/aromatic N) is 1. The third-order valence-electron chi connectivity index (χ3n) is 9.08. The topological polar surface area (TPSA) is 131 Å². The molecule has 0 radical (unpaired) electrons. The highest BCUT2D eigenvalue weighted by Crippen LogP contribution is 2.38. The normalized spacial score (nSPS) is 14.7. The fourth-order valence-corrected chi connectivity index (χ4v) is 6.27. The molecule has 3 atom stereocenters. The van der Waals surface area contributed by atoms with Crippen molar-refractivity contribution < 1.29 is 47.2 Å². The van der Waals surface area contributed by atoms with Crippen molar-refractivity contribution in [3.63, 3.8) is 0 Å². The molecule has 0 aromatic heterocycles. The molecular formula is C46H82NO9P. The Morgan fingerprint density at radius 1 is 0.632 bits per heavy atom. The number of allylic oxidation sites excluding steroid dienone is 9. The number of hydrogen-bond acceptors (Lipinski definition) is 9. The molecule has 0 spiro atoms. The van der Waals surface area contributed by atoms with E-state index in [9.17, 15) is 24.2 Å². The number of hydrogen-bond donors (Lipinski definition) is 1. The number of aliphatic hydroxyl groups excluding tert-OH is 1. The number of likely N-dealkylation sites (N-methyl/N-ethyl adjacent to an activating group) is 1. The first-order valence-corrected chi connectivity index (χ1v) is 23.5. The molecule has 57 heavy (non-hydrogen) atoms. The summed E-state index contributed by atoms with van der Waals surface area (Å²) in [6, 6.07) is 0. The highest BCUT2D eigenvalue weighted by molar-refractivity contribution is 7.45. The Balaban J connectivity index is 4.49. The van der Waals surface area contributed by atoms with Crippen LogP contribution in [-0.2, 0) is 32.7 Å². The van der Waals surface area contributed by atoms with Gasteiger partial charge in [0.15, 0.2) is 6.10 Å². The van der Waals surface area contributed by atoms with Crippen molar-refractivity contribution in [2.75, 3.05) is 47.5 Å². The van der Waals surface area contributed by atoms with Crippen molar-refractivity contribution in [3.8, 4) is 0 Å². The first-order valence-electron chi connectivity index (χ1n) is 22.1. The van der Waals surface area contributed by atoms with E-state index in [-0.39, 0.29) is 32.2 Å². The molecule has 0 bridgehead atoms. The molecule has 0 aliphatic rings. The van der Waals surface area contributed by atoms with E-state index in [1.54, 1.807) is 0 Å². The molecule has 0 saturated heterocycles. The Morgan fingerprint density at radius 2 is 1.14 bits per heavy atom. The van der Waals surface area contributed by atoms with E-state index >= 15 is 0 Å². The Labute approximate surface area is 348 Å². The van der Waals surface area contributed by atoms with Gasteiger partial charge in [0.1, 0.15) is 19.8 Å². The molecule has 0 fully saturated rings. The zero-order chi connectivity index (χ0) is 42.3. The zero-order valence-corrected chi connectivity index (χ0v) is 37.5. The quantitative estimate of drug-likeness (QED) is 0.0212. The average Bonchev–Trinajstić information content (AvgIpc) is 3.16. The van der Waals surface area contributed by atoms with Crippen LogP contribution in [0, 0.1) is 0 Å². The van der Waals surface area contributed by atoms with Crippen molar-refractivity contribution >= 4 is 19.8 Å². The van der Waals surface area contributed by atoms with Crippen LogP contribution in [0.5, 0.6) is 0 Å². The molecule has 0 aromatic carbocycles. The van der Waals surface area contributed by atoms with Crippen LogP contribution < -0.4 is 4.89 Å². The van der Waals surface area contributed by atoms with Gasteiger partial charge < -0.3 is 33.0 Å². The Hall–Kier alpha value is -2.33. The van der Waals surface area contributed by atoms with Crippen molar-refractivity contribution in [1.29, 1.82) is 0 Å². The molecule has 0 amide bonds. The van der Waals surface area contributed by atoms with Gasteiger partial charge in [-0.2, -0.15) is 0 Å². The molecule has 10 nitrogen and oxygen atoms in total. The molecule has 330 valence electrons. The van der Waals surface area contributed by atoms with Crippen molar-refractivity contribution in [2.24, 2.45) is 0 Å². The van der Waals surface area contributed by atoms with Gasteiger partial charge in [-0.3, -0.25) is 14.2 Å². The third-order valence-corrected chi connectivity index (χ3v) is 10.0. The number of esters is 2. The lowest BCUT2D eigenvalue weighted by Gasteiger charge is -2.28.